The molecule has 0 aliphatic carbocycles. The minimum Gasteiger partial charge on any atom is -0.379 e. The Balaban J connectivity index is 1.62. The zero-order valence-corrected chi connectivity index (χ0v) is 15.2. The maximum Gasteiger partial charge on any atom is 0.238 e. The van der Waals surface area contributed by atoms with Gasteiger partial charge in [-0.05, 0) is 20.3 Å². The Bertz CT molecular complexity index is 652. The summed E-state index contributed by atoms with van der Waals surface area (Å²) in [4.78, 5) is 6.36. The fourth-order valence-electron chi connectivity index (χ4n) is 2.55. The van der Waals surface area contributed by atoms with Crippen LogP contribution in [0.15, 0.2) is 4.52 Å². The molecule has 8 nitrogen and oxygen atoms in total. The SMILES string of the molecule is Cc1noc(C)c1CO[C@@H]1COCC[C@H]1Nc1nc(N(C)C)ns1. The minimum atomic E-state index is -0.0563. The second-order valence-electron chi connectivity index (χ2n) is 6.06. The van der Waals surface area contributed by atoms with E-state index in [1.54, 1.807) is 0 Å². The quantitative estimate of drug-likeness (QED) is 0.844. The number of rotatable bonds is 6. The van der Waals surface area contributed by atoms with Crippen LogP contribution in [-0.2, 0) is 16.1 Å². The van der Waals surface area contributed by atoms with Crippen LogP contribution in [0.2, 0.25) is 0 Å². The maximum absolute atomic E-state index is 6.09. The van der Waals surface area contributed by atoms with E-state index in [9.17, 15) is 0 Å². The third-order valence-corrected chi connectivity index (χ3v) is 4.69. The van der Waals surface area contributed by atoms with E-state index < -0.39 is 0 Å². The van der Waals surface area contributed by atoms with Gasteiger partial charge in [0.2, 0.25) is 11.1 Å². The molecule has 0 aromatic carbocycles. The number of hydrogen-bond donors (Lipinski definition) is 1. The molecule has 2 atom stereocenters. The third kappa shape index (κ3) is 3.85. The normalized spacial score (nSPS) is 21.0. The summed E-state index contributed by atoms with van der Waals surface area (Å²) >= 11 is 1.36. The van der Waals surface area contributed by atoms with Gasteiger partial charge in [-0.25, -0.2) is 0 Å². The van der Waals surface area contributed by atoms with Gasteiger partial charge >= 0.3 is 0 Å². The highest BCUT2D eigenvalue weighted by molar-refractivity contribution is 7.09. The molecule has 0 radical (unpaired) electrons. The Morgan fingerprint density at radius 3 is 2.88 bits per heavy atom. The highest BCUT2D eigenvalue weighted by Gasteiger charge is 2.28. The standard InChI is InChI=1S/C15H23N5O3S/c1-9-11(10(2)23-18-9)7-22-13-8-21-6-5-12(13)16-15-17-14(19-24-15)20(3)4/h12-13H,5-8H2,1-4H3,(H,16,17,19)/t12-,13-/m1/s1. The van der Waals surface area contributed by atoms with Crippen LogP contribution in [0.3, 0.4) is 0 Å². The zero-order valence-electron chi connectivity index (χ0n) is 14.4. The molecule has 3 rings (SSSR count). The topological polar surface area (TPSA) is 85.5 Å². The van der Waals surface area contributed by atoms with Crippen molar-refractivity contribution in [3.05, 3.63) is 17.0 Å². The summed E-state index contributed by atoms with van der Waals surface area (Å²) in [6.07, 6.45) is 0.808. The lowest BCUT2D eigenvalue weighted by atomic mass is 10.1. The minimum absolute atomic E-state index is 0.0563. The van der Waals surface area contributed by atoms with Gasteiger partial charge in [-0.15, -0.1) is 0 Å². The molecule has 1 aliphatic rings. The van der Waals surface area contributed by atoms with Crippen molar-refractivity contribution in [2.75, 3.05) is 37.5 Å². The number of aromatic nitrogens is 3. The Labute approximate surface area is 145 Å². The fourth-order valence-corrected chi connectivity index (χ4v) is 3.25. The van der Waals surface area contributed by atoms with Crippen molar-refractivity contribution in [1.82, 2.24) is 14.5 Å². The number of hydrogen-bond acceptors (Lipinski definition) is 9. The van der Waals surface area contributed by atoms with Gasteiger partial charge < -0.3 is 24.2 Å². The van der Waals surface area contributed by atoms with Gasteiger partial charge in [0.15, 0.2) is 0 Å². The Hall–Kier alpha value is -1.71. The summed E-state index contributed by atoms with van der Waals surface area (Å²) in [6, 6.07) is 0.141. The average molecular weight is 353 g/mol. The number of aryl methyl sites for hydroxylation is 2. The Morgan fingerprint density at radius 1 is 1.38 bits per heavy atom. The molecule has 0 bridgehead atoms. The molecule has 1 fully saturated rings. The van der Waals surface area contributed by atoms with E-state index >= 15 is 0 Å². The molecule has 9 heteroatoms. The molecule has 132 valence electrons. The Kier molecular flexibility index (Phi) is 5.32. The second kappa shape index (κ2) is 7.45. The predicted molar refractivity (Wildman–Crippen MR) is 91.6 cm³/mol. The first kappa shape index (κ1) is 17.1. The molecule has 2 aromatic rings. The molecule has 3 heterocycles. The van der Waals surface area contributed by atoms with Crippen LogP contribution in [0.25, 0.3) is 0 Å². The van der Waals surface area contributed by atoms with Crippen molar-refractivity contribution in [1.29, 1.82) is 0 Å². The molecule has 1 N–H and O–H groups in total. The molecule has 2 aromatic heterocycles. The largest absolute Gasteiger partial charge is 0.379 e. The Morgan fingerprint density at radius 2 is 2.21 bits per heavy atom. The second-order valence-corrected chi connectivity index (χ2v) is 6.81. The van der Waals surface area contributed by atoms with E-state index in [-0.39, 0.29) is 12.1 Å². The van der Waals surface area contributed by atoms with Gasteiger partial charge in [0.1, 0.15) is 11.9 Å². The average Bonchev–Trinajstić information content (AvgIpc) is 3.15. The van der Waals surface area contributed by atoms with Crippen molar-refractivity contribution >= 4 is 22.6 Å². The van der Waals surface area contributed by atoms with Gasteiger partial charge in [0.25, 0.3) is 0 Å². The summed E-state index contributed by atoms with van der Waals surface area (Å²) in [6.45, 7) is 5.55. The van der Waals surface area contributed by atoms with E-state index in [0.717, 1.165) is 28.6 Å². The molecule has 0 unspecified atom stereocenters. The molecule has 0 saturated carbocycles. The van der Waals surface area contributed by atoms with Crippen LogP contribution in [0, 0.1) is 13.8 Å². The maximum atomic E-state index is 6.09. The van der Waals surface area contributed by atoms with E-state index in [2.05, 4.69) is 19.8 Å². The predicted octanol–water partition coefficient (Wildman–Crippen LogP) is 2.00. The summed E-state index contributed by atoms with van der Waals surface area (Å²) in [5.41, 5.74) is 1.87. The van der Waals surface area contributed by atoms with Gasteiger partial charge in [-0.1, -0.05) is 5.16 Å². The lowest BCUT2D eigenvalue weighted by molar-refractivity contribution is -0.0640. The lowest BCUT2D eigenvalue weighted by Crippen LogP contribution is -2.43. The molecule has 24 heavy (non-hydrogen) atoms. The smallest absolute Gasteiger partial charge is 0.238 e. The molecule has 1 aliphatic heterocycles. The summed E-state index contributed by atoms with van der Waals surface area (Å²) in [5, 5.41) is 8.20. The zero-order chi connectivity index (χ0) is 17.1. The molecule has 0 amide bonds. The summed E-state index contributed by atoms with van der Waals surface area (Å²) < 4.78 is 21.2. The lowest BCUT2D eigenvalue weighted by Gasteiger charge is -2.31. The van der Waals surface area contributed by atoms with E-state index in [4.69, 9.17) is 14.0 Å². The highest BCUT2D eigenvalue weighted by Crippen LogP contribution is 2.23. The van der Waals surface area contributed by atoms with Gasteiger partial charge in [-0.2, -0.15) is 9.36 Å². The molecule has 1 saturated heterocycles. The van der Waals surface area contributed by atoms with Crippen molar-refractivity contribution < 1.29 is 14.0 Å². The van der Waals surface area contributed by atoms with Crippen LogP contribution >= 0.6 is 11.5 Å². The van der Waals surface area contributed by atoms with E-state index in [1.165, 1.54) is 11.5 Å². The van der Waals surface area contributed by atoms with Crippen LogP contribution in [0.1, 0.15) is 23.4 Å². The van der Waals surface area contributed by atoms with Crippen molar-refractivity contribution in [3.8, 4) is 0 Å². The summed E-state index contributed by atoms with van der Waals surface area (Å²) in [7, 11) is 3.85. The van der Waals surface area contributed by atoms with Gasteiger partial charge in [0.05, 0.1) is 24.9 Å². The first-order valence-electron chi connectivity index (χ1n) is 7.93. The van der Waals surface area contributed by atoms with E-state index in [0.29, 0.717) is 25.8 Å². The van der Waals surface area contributed by atoms with Crippen LogP contribution in [0.4, 0.5) is 11.1 Å². The fraction of sp³-hybridized carbons (Fsp3) is 0.667. The van der Waals surface area contributed by atoms with Crippen LogP contribution in [0.5, 0.6) is 0 Å². The monoisotopic (exact) mass is 353 g/mol. The molecular weight excluding hydrogens is 330 g/mol. The number of ether oxygens (including phenoxy) is 2. The summed E-state index contributed by atoms with van der Waals surface area (Å²) in [5.74, 6) is 1.51. The van der Waals surface area contributed by atoms with Crippen LogP contribution < -0.4 is 10.2 Å². The number of anilines is 2. The number of nitrogens with zero attached hydrogens (tertiary/aromatic N) is 4. The third-order valence-electron chi connectivity index (χ3n) is 4.05. The molecular formula is C15H23N5O3S. The first-order chi connectivity index (χ1) is 11.5. The van der Waals surface area contributed by atoms with Crippen molar-refractivity contribution in [2.24, 2.45) is 0 Å². The van der Waals surface area contributed by atoms with E-state index in [1.807, 2.05) is 32.8 Å². The van der Waals surface area contributed by atoms with Crippen LogP contribution in [-0.4, -0.2) is 54.0 Å². The van der Waals surface area contributed by atoms with Gasteiger partial charge in [0, 0.05) is 37.8 Å². The van der Waals surface area contributed by atoms with Crippen molar-refractivity contribution in [3.63, 3.8) is 0 Å². The van der Waals surface area contributed by atoms with Crippen molar-refractivity contribution in [2.45, 2.75) is 39.0 Å². The highest BCUT2D eigenvalue weighted by atomic mass is 32.1. The first-order valence-corrected chi connectivity index (χ1v) is 8.70. The van der Waals surface area contributed by atoms with Gasteiger partial charge in [-0.3, -0.25) is 0 Å². The molecule has 0 spiro atoms. The number of nitrogens with one attached hydrogen (secondary N) is 1.